The molecule has 0 aliphatic carbocycles. The van der Waals surface area contributed by atoms with Crippen LogP contribution in [0.25, 0.3) is 0 Å². The molecule has 9 nitrogen and oxygen atoms in total. The van der Waals surface area contributed by atoms with Gasteiger partial charge in [0.15, 0.2) is 0 Å². The summed E-state index contributed by atoms with van der Waals surface area (Å²) >= 11 is 0. The lowest BCUT2D eigenvalue weighted by atomic mass is 10.2. The average molecular weight is 380 g/mol. The van der Waals surface area contributed by atoms with Crippen molar-refractivity contribution in [3.63, 3.8) is 0 Å². The molecule has 1 aliphatic heterocycles. The molecule has 1 N–H and O–H groups in total. The maximum Gasteiger partial charge on any atom is 0.354 e. The molecule has 1 aromatic carbocycles. The molecule has 148 valence electrons. The lowest BCUT2D eigenvalue weighted by molar-refractivity contribution is -0.138. The molecule has 2 rings (SSSR count). The second-order valence-corrected chi connectivity index (χ2v) is 5.52. The molecule has 0 bridgehead atoms. The van der Waals surface area contributed by atoms with E-state index in [0.717, 1.165) is 24.9 Å². The smallest absolute Gasteiger partial charge is 0.354 e. The summed E-state index contributed by atoms with van der Waals surface area (Å²) in [5, 5.41) is 2.86. The van der Waals surface area contributed by atoms with E-state index in [1.54, 1.807) is 19.2 Å². The van der Waals surface area contributed by atoms with E-state index in [1.165, 1.54) is 21.3 Å². The van der Waals surface area contributed by atoms with Crippen LogP contribution in [0.4, 0.5) is 11.4 Å². The molecule has 1 heterocycles. The van der Waals surface area contributed by atoms with E-state index in [9.17, 15) is 9.59 Å². The Morgan fingerprint density at radius 2 is 1.70 bits per heavy atom. The van der Waals surface area contributed by atoms with E-state index in [-0.39, 0.29) is 5.70 Å². The summed E-state index contributed by atoms with van der Waals surface area (Å²) in [6, 6.07) is 3.50. The largest absolute Gasteiger partial charge is 0.494 e. The van der Waals surface area contributed by atoms with Crippen molar-refractivity contribution in [2.24, 2.45) is 0 Å². The molecule has 0 unspecified atom stereocenters. The van der Waals surface area contributed by atoms with Gasteiger partial charge in [-0.05, 0) is 0 Å². The number of carbonyl (C=O) groups is 2. The van der Waals surface area contributed by atoms with Gasteiger partial charge in [0.05, 0.1) is 59.1 Å². The number of anilines is 2. The molecular weight excluding hydrogens is 356 g/mol. The summed E-state index contributed by atoms with van der Waals surface area (Å²) in [6.45, 7) is 2.70. The van der Waals surface area contributed by atoms with Crippen molar-refractivity contribution in [1.29, 1.82) is 0 Å². The van der Waals surface area contributed by atoms with Crippen molar-refractivity contribution in [2.75, 3.05) is 65.0 Å². The van der Waals surface area contributed by atoms with Gasteiger partial charge in [0.1, 0.15) is 17.2 Å². The fourth-order valence-electron chi connectivity index (χ4n) is 2.61. The Morgan fingerprint density at radius 1 is 1.04 bits per heavy atom. The quantitative estimate of drug-likeness (QED) is 0.552. The standard InChI is InChI=1S/C18H24N2O7/c1-23-15-11-14(20-5-7-27-8-6-20)16(24-2)9-12(15)19-13(18(22)26-4)10-17(21)25-3/h9-11,19H,5-8H2,1-4H3/b13-10+. The molecule has 0 spiro atoms. The van der Waals surface area contributed by atoms with Crippen molar-refractivity contribution in [3.05, 3.63) is 23.9 Å². The number of rotatable bonds is 7. The third-order valence-electron chi connectivity index (χ3n) is 3.99. The van der Waals surface area contributed by atoms with Gasteiger partial charge in [-0.1, -0.05) is 0 Å². The zero-order valence-corrected chi connectivity index (χ0v) is 15.9. The van der Waals surface area contributed by atoms with Crippen LogP contribution in [0.15, 0.2) is 23.9 Å². The van der Waals surface area contributed by atoms with E-state index >= 15 is 0 Å². The van der Waals surface area contributed by atoms with Crippen molar-refractivity contribution < 1.29 is 33.3 Å². The summed E-state index contributed by atoms with van der Waals surface area (Å²) in [7, 11) is 5.50. The predicted molar refractivity (Wildman–Crippen MR) is 98.3 cm³/mol. The molecule has 1 saturated heterocycles. The van der Waals surface area contributed by atoms with Crippen LogP contribution in [-0.2, 0) is 23.8 Å². The van der Waals surface area contributed by atoms with Gasteiger partial charge >= 0.3 is 11.9 Å². The lowest BCUT2D eigenvalue weighted by Gasteiger charge is -2.30. The molecule has 0 radical (unpaired) electrons. The maximum atomic E-state index is 12.0. The average Bonchev–Trinajstić information content (AvgIpc) is 2.72. The second-order valence-electron chi connectivity index (χ2n) is 5.52. The number of carbonyl (C=O) groups excluding carboxylic acids is 2. The molecule has 27 heavy (non-hydrogen) atoms. The predicted octanol–water partition coefficient (Wildman–Crippen LogP) is 1.18. The van der Waals surface area contributed by atoms with Crippen molar-refractivity contribution in [3.8, 4) is 11.5 Å². The van der Waals surface area contributed by atoms with Crippen LogP contribution in [0.1, 0.15) is 0 Å². The highest BCUT2D eigenvalue weighted by Crippen LogP contribution is 2.39. The lowest BCUT2D eigenvalue weighted by Crippen LogP contribution is -2.36. The molecule has 1 aliphatic rings. The van der Waals surface area contributed by atoms with Crippen LogP contribution in [0.2, 0.25) is 0 Å². The second kappa shape index (κ2) is 9.67. The fraction of sp³-hybridized carbons (Fsp3) is 0.444. The molecule has 0 amide bonds. The van der Waals surface area contributed by atoms with E-state index in [1.807, 2.05) is 0 Å². The van der Waals surface area contributed by atoms with Gasteiger partial charge in [0.25, 0.3) is 0 Å². The van der Waals surface area contributed by atoms with Gasteiger partial charge in [-0.3, -0.25) is 0 Å². The highest BCUT2D eigenvalue weighted by molar-refractivity contribution is 5.99. The number of methoxy groups -OCH3 is 4. The minimum Gasteiger partial charge on any atom is -0.494 e. The van der Waals surface area contributed by atoms with Gasteiger partial charge in [-0.2, -0.15) is 0 Å². The third-order valence-corrected chi connectivity index (χ3v) is 3.99. The number of morpholine rings is 1. The van der Waals surface area contributed by atoms with Gasteiger partial charge < -0.3 is 33.9 Å². The Morgan fingerprint density at radius 3 is 2.26 bits per heavy atom. The summed E-state index contributed by atoms with van der Waals surface area (Å²) < 4.78 is 25.6. The third kappa shape index (κ3) is 5.04. The first-order valence-corrected chi connectivity index (χ1v) is 8.27. The molecule has 1 aromatic rings. The summed E-state index contributed by atoms with van der Waals surface area (Å²) in [4.78, 5) is 25.7. The molecular formula is C18H24N2O7. The Kier molecular flexibility index (Phi) is 7.30. The topological polar surface area (TPSA) is 95.6 Å². The van der Waals surface area contributed by atoms with Crippen molar-refractivity contribution in [1.82, 2.24) is 0 Å². The zero-order valence-electron chi connectivity index (χ0n) is 15.9. The Bertz CT molecular complexity index is 712. The van der Waals surface area contributed by atoms with Crippen LogP contribution >= 0.6 is 0 Å². The van der Waals surface area contributed by atoms with E-state index < -0.39 is 11.9 Å². The van der Waals surface area contributed by atoms with E-state index in [4.69, 9.17) is 18.9 Å². The number of hydrogen-bond acceptors (Lipinski definition) is 9. The summed E-state index contributed by atoms with van der Waals surface area (Å²) in [5.74, 6) is -0.364. The first kappa shape index (κ1) is 20.4. The summed E-state index contributed by atoms with van der Waals surface area (Å²) in [6.07, 6.45) is 1.01. The number of hydrogen-bond donors (Lipinski definition) is 1. The number of benzene rings is 1. The Hall–Kier alpha value is -2.94. The maximum absolute atomic E-state index is 12.0. The molecule has 9 heteroatoms. The number of ether oxygens (including phenoxy) is 5. The molecule has 0 saturated carbocycles. The number of nitrogens with one attached hydrogen (secondary N) is 1. The normalized spacial score (nSPS) is 14.4. The molecule has 0 aromatic heterocycles. The highest BCUT2D eigenvalue weighted by Gasteiger charge is 2.21. The van der Waals surface area contributed by atoms with Gasteiger partial charge in [0, 0.05) is 25.2 Å². The Labute approximate surface area is 157 Å². The highest BCUT2D eigenvalue weighted by atomic mass is 16.5. The van der Waals surface area contributed by atoms with Crippen molar-refractivity contribution >= 4 is 23.3 Å². The van der Waals surface area contributed by atoms with Gasteiger partial charge in [0.2, 0.25) is 0 Å². The molecule has 0 atom stereocenters. The van der Waals surface area contributed by atoms with Crippen LogP contribution < -0.4 is 19.7 Å². The summed E-state index contributed by atoms with van der Waals surface area (Å²) in [5.41, 5.74) is 1.19. The van der Waals surface area contributed by atoms with Crippen molar-refractivity contribution in [2.45, 2.75) is 0 Å². The first-order valence-electron chi connectivity index (χ1n) is 8.27. The van der Waals surface area contributed by atoms with Crippen LogP contribution in [0, 0.1) is 0 Å². The number of nitrogens with zero attached hydrogens (tertiary/aromatic N) is 1. The fourth-order valence-corrected chi connectivity index (χ4v) is 2.61. The van der Waals surface area contributed by atoms with Gasteiger partial charge in [-0.25, -0.2) is 9.59 Å². The monoisotopic (exact) mass is 380 g/mol. The van der Waals surface area contributed by atoms with Crippen LogP contribution in [0.5, 0.6) is 11.5 Å². The Balaban J connectivity index is 2.41. The first-order chi connectivity index (χ1) is 13.0. The van der Waals surface area contributed by atoms with Crippen LogP contribution in [-0.4, -0.2) is 66.7 Å². The van der Waals surface area contributed by atoms with Gasteiger partial charge in [-0.15, -0.1) is 0 Å². The minimum atomic E-state index is -0.723. The number of esters is 2. The van der Waals surface area contributed by atoms with E-state index in [0.29, 0.717) is 30.4 Å². The van der Waals surface area contributed by atoms with Crippen LogP contribution in [0.3, 0.4) is 0 Å². The zero-order chi connectivity index (χ0) is 19.8. The SMILES string of the molecule is COC(=O)/C=C(/Nc1cc(OC)c(N2CCOCC2)cc1OC)C(=O)OC. The molecule has 1 fully saturated rings. The minimum absolute atomic E-state index is 0.0937. The van der Waals surface area contributed by atoms with E-state index in [2.05, 4.69) is 15.0 Å².